The number of amides is 1. The molecule has 2 heterocycles. The first-order valence-electron chi connectivity index (χ1n) is 7.10. The molecule has 0 aliphatic carbocycles. The molecule has 6 nitrogen and oxygen atoms in total. The third kappa shape index (κ3) is 3.34. The maximum Gasteiger partial charge on any atom is 0.275 e. The maximum absolute atomic E-state index is 12.3. The number of nitrogens with one attached hydrogen (secondary N) is 1. The van der Waals surface area contributed by atoms with Gasteiger partial charge in [-0.05, 0) is 34.0 Å². The number of carbonyl (C=O) groups is 1. The molecule has 3 aromatic rings. The number of hydrogen-bond acceptors (Lipinski definition) is 3. The second-order valence-corrected chi connectivity index (χ2v) is 6.13. The Morgan fingerprint density at radius 3 is 2.74 bits per heavy atom. The van der Waals surface area contributed by atoms with Crippen LogP contribution in [-0.4, -0.2) is 25.5 Å². The van der Waals surface area contributed by atoms with Gasteiger partial charge < -0.3 is 5.32 Å². The first-order chi connectivity index (χ1) is 11.0. The molecule has 1 amide bonds. The van der Waals surface area contributed by atoms with E-state index in [0.717, 1.165) is 0 Å². The van der Waals surface area contributed by atoms with Crippen molar-refractivity contribution in [3.63, 3.8) is 0 Å². The van der Waals surface area contributed by atoms with E-state index in [1.807, 2.05) is 18.3 Å². The van der Waals surface area contributed by atoms with Crippen molar-refractivity contribution in [2.24, 2.45) is 7.05 Å². The van der Waals surface area contributed by atoms with Crippen LogP contribution in [0.25, 0.3) is 0 Å². The fourth-order valence-corrected chi connectivity index (χ4v) is 2.86. The summed E-state index contributed by atoms with van der Waals surface area (Å²) in [6.45, 7) is 2.74. The summed E-state index contributed by atoms with van der Waals surface area (Å²) >= 11 is 3.32. The van der Waals surface area contributed by atoms with Crippen molar-refractivity contribution in [1.29, 1.82) is 0 Å². The molecule has 0 aliphatic heterocycles. The molecule has 23 heavy (non-hydrogen) atoms. The summed E-state index contributed by atoms with van der Waals surface area (Å²) in [6.07, 6.45) is 5.05. The van der Waals surface area contributed by atoms with Crippen LogP contribution in [-0.2, 0) is 13.6 Å². The predicted molar refractivity (Wildman–Crippen MR) is 91.4 cm³/mol. The van der Waals surface area contributed by atoms with E-state index >= 15 is 0 Å². The number of nitrogens with zero attached hydrogens (tertiary/aromatic N) is 4. The number of anilines is 1. The minimum Gasteiger partial charge on any atom is -0.318 e. The van der Waals surface area contributed by atoms with Gasteiger partial charge in [0.05, 0.1) is 29.1 Å². The summed E-state index contributed by atoms with van der Waals surface area (Å²) in [7, 11) is 1.72. The zero-order chi connectivity index (χ0) is 16.4. The number of halogens is 1. The molecule has 2 aromatic heterocycles. The summed E-state index contributed by atoms with van der Waals surface area (Å²) in [5.74, 6) is -0.229. The summed E-state index contributed by atoms with van der Waals surface area (Å²) in [5, 5.41) is 11.2. The molecule has 7 heteroatoms. The van der Waals surface area contributed by atoms with Crippen LogP contribution < -0.4 is 5.32 Å². The first kappa shape index (κ1) is 15.5. The van der Waals surface area contributed by atoms with Crippen LogP contribution in [0.3, 0.4) is 0 Å². The molecule has 0 spiro atoms. The number of hydrogen-bond donors (Lipinski definition) is 1. The molecular formula is C16H16BrN5O. The third-order valence-corrected chi connectivity index (χ3v) is 4.17. The number of benzene rings is 1. The predicted octanol–water partition coefficient (Wildman–Crippen LogP) is 2.99. The van der Waals surface area contributed by atoms with E-state index in [4.69, 9.17) is 0 Å². The monoisotopic (exact) mass is 373 g/mol. The average molecular weight is 374 g/mol. The van der Waals surface area contributed by atoms with Gasteiger partial charge in [0.1, 0.15) is 5.69 Å². The molecule has 0 aliphatic rings. The highest BCUT2D eigenvalue weighted by atomic mass is 79.9. The third-order valence-electron chi connectivity index (χ3n) is 3.59. The molecule has 0 saturated heterocycles. The summed E-state index contributed by atoms with van der Waals surface area (Å²) in [6, 6.07) is 8.16. The number of aryl methyl sites for hydroxylation is 2. The molecule has 0 bridgehead atoms. The Hall–Kier alpha value is -2.41. The van der Waals surface area contributed by atoms with Gasteiger partial charge in [0.15, 0.2) is 0 Å². The highest BCUT2D eigenvalue weighted by Gasteiger charge is 2.16. The number of rotatable bonds is 4. The Kier molecular flexibility index (Phi) is 4.29. The van der Waals surface area contributed by atoms with E-state index in [9.17, 15) is 4.79 Å². The maximum atomic E-state index is 12.3. The second-order valence-electron chi connectivity index (χ2n) is 5.27. The van der Waals surface area contributed by atoms with E-state index in [0.29, 0.717) is 22.4 Å². The molecule has 0 saturated carbocycles. The van der Waals surface area contributed by atoms with Gasteiger partial charge in [0, 0.05) is 13.2 Å². The van der Waals surface area contributed by atoms with Gasteiger partial charge in [0.2, 0.25) is 0 Å². The molecule has 0 atom stereocenters. The molecule has 118 valence electrons. The Morgan fingerprint density at radius 1 is 1.26 bits per heavy atom. The minimum atomic E-state index is -0.229. The summed E-state index contributed by atoms with van der Waals surface area (Å²) in [5.41, 5.74) is 3.53. The summed E-state index contributed by atoms with van der Waals surface area (Å²) in [4.78, 5) is 12.3. The van der Waals surface area contributed by atoms with E-state index in [-0.39, 0.29) is 5.91 Å². The van der Waals surface area contributed by atoms with Crippen molar-refractivity contribution in [3.05, 3.63) is 64.1 Å². The van der Waals surface area contributed by atoms with Crippen LogP contribution >= 0.6 is 15.9 Å². The van der Waals surface area contributed by atoms with Crippen LogP contribution in [0.5, 0.6) is 0 Å². The molecule has 1 N–H and O–H groups in total. The van der Waals surface area contributed by atoms with E-state index in [2.05, 4.69) is 50.5 Å². The largest absolute Gasteiger partial charge is 0.318 e. The van der Waals surface area contributed by atoms with E-state index < -0.39 is 0 Å². The zero-order valence-electron chi connectivity index (χ0n) is 12.8. The molecule has 1 aromatic carbocycles. The lowest BCUT2D eigenvalue weighted by Crippen LogP contribution is -2.16. The number of aromatic nitrogens is 4. The quantitative estimate of drug-likeness (QED) is 0.764. The standard InChI is InChI=1S/C16H16BrN5O/c1-11-5-3-4-6-12(11)9-22-10-13(7-19-22)20-16(23)15-14(17)8-18-21(15)2/h3-8,10H,9H2,1-2H3,(H,20,23). The molecule has 0 unspecified atom stereocenters. The highest BCUT2D eigenvalue weighted by molar-refractivity contribution is 9.10. The van der Waals surface area contributed by atoms with Gasteiger partial charge >= 0.3 is 0 Å². The first-order valence-corrected chi connectivity index (χ1v) is 7.89. The van der Waals surface area contributed by atoms with Crippen molar-refractivity contribution in [2.75, 3.05) is 5.32 Å². The molecule has 0 radical (unpaired) electrons. The van der Waals surface area contributed by atoms with Gasteiger partial charge in [-0.1, -0.05) is 24.3 Å². The van der Waals surface area contributed by atoms with E-state index in [1.165, 1.54) is 15.8 Å². The Labute approximate surface area is 142 Å². The molecular weight excluding hydrogens is 358 g/mol. The van der Waals surface area contributed by atoms with Gasteiger partial charge in [-0.25, -0.2) is 0 Å². The Bertz CT molecular complexity index is 832. The lowest BCUT2D eigenvalue weighted by molar-refractivity contribution is 0.101. The summed E-state index contributed by atoms with van der Waals surface area (Å²) < 4.78 is 3.98. The topological polar surface area (TPSA) is 64.7 Å². The zero-order valence-corrected chi connectivity index (χ0v) is 14.4. The fraction of sp³-hybridized carbons (Fsp3) is 0.188. The highest BCUT2D eigenvalue weighted by Crippen LogP contribution is 2.17. The second kappa shape index (κ2) is 6.37. The van der Waals surface area contributed by atoms with Crippen molar-refractivity contribution in [3.8, 4) is 0 Å². The normalized spacial score (nSPS) is 10.7. The van der Waals surface area contributed by atoms with Gasteiger partial charge in [-0.15, -0.1) is 0 Å². The van der Waals surface area contributed by atoms with Crippen LogP contribution in [0.2, 0.25) is 0 Å². The number of carbonyl (C=O) groups excluding carboxylic acids is 1. The van der Waals surface area contributed by atoms with Gasteiger partial charge in [-0.2, -0.15) is 10.2 Å². The Balaban J connectivity index is 1.73. The van der Waals surface area contributed by atoms with Crippen molar-refractivity contribution >= 4 is 27.5 Å². The Morgan fingerprint density at radius 2 is 2.04 bits per heavy atom. The SMILES string of the molecule is Cc1ccccc1Cn1cc(NC(=O)c2c(Br)cnn2C)cn1. The van der Waals surface area contributed by atoms with Gasteiger partial charge in [-0.3, -0.25) is 14.2 Å². The fourth-order valence-electron chi connectivity index (χ4n) is 2.33. The van der Waals surface area contributed by atoms with E-state index in [1.54, 1.807) is 24.1 Å². The minimum absolute atomic E-state index is 0.229. The average Bonchev–Trinajstić information content (AvgIpc) is 3.08. The molecule has 0 fully saturated rings. The van der Waals surface area contributed by atoms with Crippen molar-refractivity contribution in [2.45, 2.75) is 13.5 Å². The van der Waals surface area contributed by atoms with Crippen LogP contribution in [0.4, 0.5) is 5.69 Å². The van der Waals surface area contributed by atoms with Crippen molar-refractivity contribution < 1.29 is 4.79 Å². The van der Waals surface area contributed by atoms with Crippen LogP contribution in [0, 0.1) is 6.92 Å². The molecule has 3 rings (SSSR count). The van der Waals surface area contributed by atoms with Crippen LogP contribution in [0.15, 0.2) is 47.3 Å². The van der Waals surface area contributed by atoms with Crippen LogP contribution in [0.1, 0.15) is 21.6 Å². The lowest BCUT2D eigenvalue weighted by atomic mass is 10.1. The smallest absolute Gasteiger partial charge is 0.275 e. The lowest BCUT2D eigenvalue weighted by Gasteiger charge is -2.05. The van der Waals surface area contributed by atoms with Gasteiger partial charge in [0.25, 0.3) is 5.91 Å². The van der Waals surface area contributed by atoms with Crippen molar-refractivity contribution in [1.82, 2.24) is 19.6 Å².